The molecule has 0 amide bonds. The largest absolute Gasteiger partial charge is 0.378 e. The number of rotatable bonds is 5. The first-order valence-corrected chi connectivity index (χ1v) is 7.40. The SMILES string of the molecule is Cc1nn(C)c(C)c1CNC(C)c1ccc(N(C)C)cc1. The monoisotopic (exact) mass is 286 g/mol. The van der Waals surface area contributed by atoms with Crippen LogP contribution in [0.2, 0.25) is 0 Å². The molecule has 4 heteroatoms. The minimum absolute atomic E-state index is 0.320. The normalized spacial score (nSPS) is 12.5. The van der Waals surface area contributed by atoms with E-state index < -0.39 is 0 Å². The van der Waals surface area contributed by atoms with E-state index in [1.807, 2.05) is 11.7 Å². The van der Waals surface area contributed by atoms with Crippen molar-refractivity contribution < 1.29 is 0 Å². The molecule has 2 aromatic rings. The number of anilines is 1. The van der Waals surface area contributed by atoms with Crippen molar-refractivity contribution in [1.82, 2.24) is 15.1 Å². The first-order chi connectivity index (χ1) is 9.90. The number of nitrogens with zero attached hydrogens (tertiary/aromatic N) is 3. The highest BCUT2D eigenvalue weighted by Gasteiger charge is 2.11. The van der Waals surface area contributed by atoms with Gasteiger partial charge >= 0.3 is 0 Å². The van der Waals surface area contributed by atoms with Gasteiger partial charge in [0.2, 0.25) is 0 Å². The number of hydrogen-bond acceptors (Lipinski definition) is 3. The molecule has 0 aliphatic carbocycles. The second-order valence-corrected chi connectivity index (χ2v) is 5.86. The van der Waals surface area contributed by atoms with Crippen LogP contribution in [0.1, 0.15) is 35.5 Å². The number of benzene rings is 1. The highest BCUT2D eigenvalue weighted by atomic mass is 15.3. The predicted octanol–water partition coefficient (Wildman–Crippen LogP) is 2.95. The summed E-state index contributed by atoms with van der Waals surface area (Å²) in [7, 11) is 6.12. The zero-order chi connectivity index (χ0) is 15.6. The van der Waals surface area contributed by atoms with Gasteiger partial charge in [-0.1, -0.05) is 12.1 Å². The van der Waals surface area contributed by atoms with E-state index in [4.69, 9.17) is 0 Å². The lowest BCUT2D eigenvalue weighted by Gasteiger charge is -2.17. The maximum Gasteiger partial charge on any atom is 0.0641 e. The third kappa shape index (κ3) is 3.45. The van der Waals surface area contributed by atoms with Gasteiger partial charge in [-0.05, 0) is 38.5 Å². The molecule has 2 rings (SSSR count). The van der Waals surface area contributed by atoms with Crippen molar-refractivity contribution in [3.8, 4) is 0 Å². The lowest BCUT2D eigenvalue weighted by atomic mass is 10.1. The van der Waals surface area contributed by atoms with Crippen LogP contribution in [0.5, 0.6) is 0 Å². The van der Waals surface area contributed by atoms with Crippen LogP contribution in [0.15, 0.2) is 24.3 Å². The summed E-state index contributed by atoms with van der Waals surface area (Å²) in [6.07, 6.45) is 0. The summed E-state index contributed by atoms with van der Waals surface area (Å²) in [5.74, 6) is 0. The molecule has 0 spiro atoms. The Morgan fingerprint density at radius 3 is 2.29 bits per heavy atom. The molecule has 0 aliphatic heterocycles. The summed E-state index contributed by atoms with van der Waals surface area (Å²) in [5.41, 5.74) is 6.17. The maximum absolute atomic E-state index is 4.46. The van der Waals surface area contributed by atoms with E-state index in [1.54, 1.807) is 0 Å². The fourth-order valence-corrected chi connectivity index (χ4v) is 2.51. The lowest BCUT2D eigenvalue weighted by molar-refractivity contribution is 0.571. The van der Waals surface area contributed by atoms with E-state index >= 15 is 0 Å². The van der Waals surface area contributed by atoms with Crippen LogP contribution in [0.3, 0.4) is 0 Å². The quantitative estimate of drug-likeness (QED) is 0.917. The molecule has 114 valence electrons. The Balaban J connectivity index is 2.03. The molecule has 1 heterocycles. The molecule has 1 aromatic heterocycles. The van der Waals surface area contributed by atoms with Crippen molar-refractivity contribution in [1.29, 1.82) is 0 Å². The molecule has 1 N–H and O–H groups in total. The Hall–Kier alpha value is -1.81. The highest BCUT2D eigenvalue weighted by molar-refractivity contribution is 5.46. The molecule has 1 unspecified atom stereocenters. The van der Waals surface area contributed by atoms with Crippen LogP contribution in [0.4, 0.5) is 5.69 Å². The molecule has 0 saturated carbocycles. The molecule has 0 aliphatic rings. The molecule has 1 atom stereocenters. The molecule has 0 fully saturated rings. The minimum atomic E-state index is 0.320. The highest BCUT2D eigenvalue weighted by Crippen LogP contribution is 2.19. The Labute approximate surface area is 127 Å². The average Bonchev–Trinajstić information content (AvgIpc) is 2.70. The van der Waals surface area contributed by atoms with Crippen LogP contribution in [0, 0.1) is 13.8 Å². The van der Waals surface area contributed by atoms with Crippen molar-refractivity contribution in [2.75, 3.05) is 19.0 Å². The number of aromatic nitrogens is 2. The van der Waals surface area contributed by atoms with Crippen molar-refractivity contribution in [2.45, 2.75) is 33.4 Å². The van der Waals surface area contributed by atoms with Crippen LogP contribution in [0.25, 0.3) is 0 Å². The summed E-state index contributed by atoms with van der Waals surface area (Å²) < 4.78 is 1.95. The van der Waals surface area contributed by atoms with Crippen LogP contribution in [-0.4, -0.2) is 23.9 Å². The topological polar surface area (TPSA) is 33.1 Å². The van der Waals surface area contributed by atoms with Crippen molar-refractivity contribution >= 4 is 5.69 Å². The van der Waals surface area contributed by atoms with E-state index in [2.05, 4.69) is 74.4 Å². The van der Waals surface area contributed by atoms with Gasteiger partial charge in [0.15, 0.2) is 0 Å². The Kier molecular flexibility index (Phi) is 4.68. The molecule has 0 saturated heterocycles. The molecule has 1 aromatic carbocycles. The smallest absolute Gasteiger partial charge is 0.0641 e. The van der Waals surface area contributed by atoms with Gasteiger partial charge in [0, 0.05) is 50.7 Å². The van der Waals surface area contributed by atoms with E-state index in [0.29, 0.717) is 6.04 Å². The molecule has 0 radical (unpaired) electrons. The summed E-state index contributed by atoms with van der Waals surface area (Å²) in [5, 5.41) is 8.06. The van der Waals surface area contributed by atoms with E-state index in [-0.39, 0.29) is 0 Å². The number of nitrogens with one attached hydrogen (secondary N) is 1. The van der Waals surface area contributed by atoms with E-state index in [0.717, 1.165) is 12.2 Å². The van der Waals surface area contributed by atoms with Gasteiger partial charge in [0.1, 0.15) is 0 Å². The van der Waals surface area contributed by atoms with Gasteiger partial charge in [-0.15, -0.1) is 0 Å². The zero-order valence-electron chi connectivity index (χ0n) is 13.9. The predicted molar refractivity (Wildman–Crippen MR) is 88.7 cm³/mol. The molecule has 0 bridgehead atoms. The second kappa shape index (κ2) is 6.31. The number of hydrogen-bond donors (Lipinski definition) is 1. The van der Waals surface area contributed by atoms with E-state index in [1.165, 1.54) is 22.5 Å². The zero-order valence-corrected chi connectivity index (χ0v) is 13.9. The Morgan fingerprint density at radius 1 is 1.19 bits per heavy atom. The van der Waals surface area contributed by atoms with Gasteiger partial charge in [-0.2, -0.15) is 5.10 Å². The van der Waals surface area contributed by atoms with Crippen LogP contribution >= 0.6 is 0 Å². The van der Waals surface area contributed by atoms with Crippen molar-refractivity contribution in [2.24, 2.45) is 7.05 Å². The first kappa shape index (κ1) is 15.6. The minimum Gasteiger partial charge on any atom is -0.378 e. The third-order valence-corrected chi connectivity index (χ3v) is 4.15. The Morgan fingerprint density at radius 2 is 1.81 bits per heavy atom. The Bertz CT molecular complexity index is 596. The molecular weight excluding hydrogens is 260 g/mol. The third-order valence-electron chi connectivity index (χ3n) is 4.15. The van der Waals surface area contributed by atoms with Crippen molar-refractivity contribution in [3.05, 3.63) is 46.8 Å². The van der Waals surface area contributed by atoms with Gasteiger partial charge < -0.3 is 10.2 Å². The van der Waals surface area contributed by atoms with Gasteiger partial charge in [-0.25, -0.2) is 0 Å². The van der Waals surface area contributed by atoms with Crippen LogP contribution < -0.4 is 10.2 Å². The van der Waals surface area contributed by atoms with Gasteiger partial charge in [0.25, 0.3) is 0 Å². The van der Waals surface area contributed by atoms with Crippen LogP contribution in [-0.2, 0) is 13.6 Å². The summed E-state index contributed by atoms with van der Waals surface area (Å²) in [6, 6.07) is 9.02. The fraction of sp³-hybridized carbons (Fsp3) is 0.471. The lowest BCUT2D eigenvalue weighted by Crippen LogP contribution is -2.19. The van der Waals surface area contributed by atoms with Gasteiger partial charge in [0.05, 0.1) is 5.69 Å². The average molecular weight is 286 g/mol. The first-order valence-electron chi connectivity index (χ1n) is 7.40. The summed E-state index contributed by atoms with van der Waals surface area (Å²) >= 11 is 0. The fourth-order valence-electron chi connectivity index (χ4n) is 2.51. The molecular formula is C17H26N4. The second-order valence-electron chi connectivity index (χ2n) is 5.86. The maximum atomic E-state index is 4.46. The standard InChI is InChI=1S/C17H26N4/c1-12(15-7-9-16(10-8-15)20(4)5)18-11-17-13(2)19-21(6)14(17)3/h7-10,12,18H,11H2,1-6H3. The molecule has 4 nitrogen and oxygen atoms in total. The number of aryl methyl sites for hydroxylation is 2. The summed E-state index contributed by atoms with van der Waals surface area (Å²) in [6.45, 7) is 7.24. The summed E-state index contributed by atoms with van der Waals surface area (Å²) in [4.78, 5) is 2.12. The van der Waals surface area contributed by atoms with Crippen molar-refractivity contribution in [3.63, 3.8) is 0 Å². The van der Waals surface area contributed by atoms with E-state index in [9.17, 15) is 0 Å². The van der Waals surface area contributed by atoms with Gasteiger partial charge in [-0.3, -0.25) is 4.68 Å². The molecule has 21 heavy (non-hydrogen) atoms.